The lowest BCUT2D eigenvalue weighted by atomic mass is 9.36. The second-order valence-electron chi connectivity index (χ2n) is 10.7. The van der Waals surface area contributed by atoms with E-state index >= 15 is 0 Å². The molecule has 9 heteroatoms. The van der Waals surface area contributed by atoms with Gasteiger partial charge in [-0.25, -0.2) is 0 Å². The Morgan fingerprint density at radius 2 is 1.82 bits per heavy atom. The molecule has 3 aliphatic carbocycles. The number of aliphatic hydroxyl groups is 2. The Bertz CT molecular complexity index is 925. The number of ether oxygens (including phenoxy) is 4. The van der Waals surface area contributed by atoms with Crippen molar-refractivity contribution in [3.05, 3.63) is 11.8 Å². The minimum absolute atomic E-state index is 0.123. The number of ketones is 1. The first-order chi connectivity index (χ1) is 15.2. The molecule has 4 rings (SSSR count). The van der Waals surface area contributed by atoms with Crippen LogP contribution in [0.25, 0.3) is 0 Å². The second-order valence-corrected chi connectivity index (χ2v) is 10.7. The van der Waals surface area contributed by atoms with Gasteiger partial charge < -0.3 is 29.2 Å². The normalized spacial score (nSPS) is 51.0. The zero-order valence-electron chi connectivity index (χ0n) is 20.2. The number of carbonyl (C=O) groups is 3. The molecule has 2 saturated carbocycles. The Kier molecular flexibility index (Phi) is 5.32. The second kappa shape index (κ2) is 7.26. The summed E-state index contributed by atoms with van der Waals surface area (Å²) in [6.45, 7) is 8.11. The van der Waals surface area contributed by atoms with Crippen LogP contribution in [-0.2, 0) is 33.3 Å². The largest absolute Gasteiger partial charge is 0.493 e. The van der Waals surface area contributed by atoms with Crippen molar-refractivity contribution in [2.75, 3.05) is 14.2 Å². The van der Waals surface area contributed by atoms with E-state index in [1.807, 2.05) is 6.92 Å². The number of allylic oxidation sites excluding steroid dienone is 2. The van der Waals surface area contributed by atoms with Gasteiger partial charge in [-0.2, -0.15) is 0 Å². The van der Waals surface area contributed by atoms with Crippen molar-refractivity contribution in [3.8, 4) is 0 Å². The van der Waals surface area contributed by atoms with Crippen LogP contribution in [0, 0.1) is 28.6 Å². The average Bonchev–Trinajstić information content (AvgIpc) is 2.70. The standard InChI is InChI=1S/C24H34O9/c1-11-8-14(30-6)19(27)21(3)13(11)9-15-22(4)18(21)17(32-12(2)25)20(31-7)23(5,28)24(22,29)10-16(26)33-15/h8,11,13,15,17-18,20,28-29H,9-10H2,1-7H3/t11-,13+,15-,17+,18-,20-,21+,22-,23-,24+/m1/s1. The molecule has 3 fully saturated rings. The molecule has 0 bridgehead atoms. The predicted molar refractivity (Wildman–Crippen MR) is 113 cm³/mol. The van der Waals surface area contributed by atoms with E-state index in [9.17, 15) is 24.6 Å². The van der Waals surface area contributed by atoms with Gasteiger partial charge in [0.15, 0.2) is 5.76 Å². The third-order valence-electron chi connectivity index (χ3n) is 9.32. The molecule has 33 heavy (non-hydrogen) atoms. The number of hydrogen-bond acceptors (Lipinski definition) is 9. The van der Waals surface area contributed by atoms with Crippen molar-refractivity contribution >= 4 is 17.7 Å². The molecule has 0 radical (unpaired) electrons. The van der Waals surface area contributed by atoms with Crippen molar-refractivity contribution in [2.24, 2.45) is 28.6 Å². The van der Waals surface area contributed by atoms with Crippen LogP contribution >= 0.6 is 0 Å². The van der Waals surface area contributed by atoms with Gasteiger partial charge in [-0.3, -0.25) is 14.4 Å². The summed E-state index contributed by atoms with van der Waals surface area (Å²) in [4.78, 5) is 38.8. The predicted octanol–water partition coefficient (Wildman–Crippen LogP) is 1.14. The summed E-state index contributed by atoms with van der Waals surface area (Å²) in [7, 11) is 2.77. The monoisotopic (exact) mass is 466 g/mol. The third kappa shape index (κ3) is 2.73. The fourth-order valence-electron chi connectivity index (χ4n) is 7.82. The molecule has 0 aromatic carbocycles. The van der Waals surface area contributed by atoms with E-state index in [1.54, 1.807) is 19.9 Å². The molecule has 10 atom stereocenters. The van der Waals surface area contributed by atoms with E-state index < -0.39 is 64.6 Å². The van der Waals surface area contributed by atoms with Gasteiger partial charge in [0.25, 0.3) is 0 Å². The number of rotatable bonds is 3. The van der Waals surface area contributed by atoms with Crippen LogP contribution in [0.4, 0.5) is 0 Å². The maximum atomic E-state index is 13.9. The highest BCUT2D eigenvalue weighted by molar-refractivity contribution is 6.00. The van der Waals surface area contributed by atoms with Crippen LogP contribution in [0.2, 0.25) is 0 Å². The summed E-state index contributed by atoms with van der Waals surface area (Å²) in [6.07, 6.45) is -1.51. The highest BCUT2D eigenvalue weighted by atomic mass is 16.6. The molecule has 0 amide bonds. The number of carbonyl (C=O) groups excluding carboxylic acids is 3. The van der Waals surface area contributed by atoms with Crippen LogP contribution in [-0.4, -0.2) is 71.7 Å². The maximum absolute atomic E-state index is 13.9. The van der Waals surface area contributed by atoms with Crippen LogP contribution in [0.3, 0.4) is 0 Å². The van der Waals surface area contributed by atoms with Gasteiger partial charge in [0.2, 0.25) is 5.78 Å². The smallest absolute Gasteiger partial charge is 0.309 e. The van der Waals surface area contributed by atoms with Crippen LogP contribution in [0.15, 0.2) is 11.8 Å². The van der Waals surface area contributed by atoms with Gasteiger partial charge in [-0.05, 0) is 31.3 Å². The van der Waals surface area contributed by atoms with E-state index in [0.717, 1.165) is 0 Å². The number of methoxy groups -OCH3 is 2. The molecule has 1 aliphatic heterocycles. The number of fused-ring (bicyclic) bond motifs is 2. The molecule has 0 unspecified atom stereocenters. The molecule has 2 N–H and O–H groups in total. The summed E-state index contributed by atoms with van der Waals surface area (Å²) in [5.74, 6) is -2.57. The molecule has 0 aromatic heterocycles. The maximum Gasteiger partial charge on any atom is 0.309 e. The molecule has 1 heterocycles. The van der Waals surface area contributed by atoms with Crippen LogP contribution in [0.5, 0.6) is 0 Å². The minimum atomic E-state index is -2.01. The van der Waals surface area contributed by atoms with Crippen molar-refractivity contribution in [1.29, 1.82) is 0 Å². The molecule has 4 aliphatic rings. The molecule has 9 nitrogen and oxygen atoms in total. The zero-order chi connectivity index (χ0) is 24.7. The first-order valence-electron chi connectivity index (χ1n) is 11.4. The summed E-state index contributed by atoms with van der Waals surface area (Å²) in [6, 6.07) is 0. The van der Waals surface area contributed by atoms with Crippen molar-refractivity contribution in [3.63, 3.8) is 0 Å². The number of hydrogen-bond donors (Lipinski definition) is 2. The van der Waals surface area contributed by atoms with Gasteiger partial charge in [-0.15, -0.1) is 0 Å². The highest BCUT2D eigenvalue weighted by Gasteiger charge is 2.82. The van der Waals surface area contributed by atoms with Gasteiger partial charge in [0, 0.05) is 30.8 Å². The topological polar surface area (TPSA) is 129 Å². The SMILES string of the molecule is COC1=C[C@@H](C)[C@@H]2C[C@H]3OC(=O)C[C@]4(O)[C@@]3(C)[C@H]([C@H](OC(C)=O)[C@@H](OC)[C@@]4(C)O)[C@@]2(C)C1=O. The van der Waals surface area contributed by atoms with Crippen LogP contribution < -0.4 is 0 Å². The Labute approximate surface area is 193 Å². The lowest BCUT2D eigenvalue weighted by Gasteiger charge is -2.72. The quantitative estimate of drug-likeness (QED) is 0.588. The van der Waals surface area contributed by atoms with Crippen molar-refractivity contribution in [1.82, 2.24) is 0 Å². The fourth-order valence-corrected chi connectivity index (χ4v) is 7.82. The minimum Gasteiger partial charge on any atom is -0.493 e. The van der Waals surface area contributed by atoms with Gasteiger partial charge >= 0.3 is 11.9 Å². The van der Waals surface area contributed by atoms with Gasteiger partial charge in [0.05, 0.1) is 13.5 Å². The van der Waals surface area contributed by atoms with Gasteiger partial charge in [-0.1, -0.05) is 20.8 Å². The fraction of sp³-hybridized carbons (Fsp3) is 0.792. The molecule has 0 spiro atoms. The average molecular weight is 467 g/mol. The van der Waals surface area contributed by atoms with E-state index in [0.29, 0.717) is 6.42 Å². The van der Waals surface area contributed by atoms with Gasteiger partial charge in [0.1, 0.15) is 29.5 Å². The lowest BCUT2D eigenvalue weighted by molar-refractivity contribution is -0.371. The Morgan fingerprint density at radius 1 is 1.18 bits per heavy atom. The highest BCUT2D eigenvalue weighted by Crippen LogP contribution is 2.70. The molecule has 184 valence electrons. The molecule has 1 saturated heterocycles. The number of esters is 2. The summed E-state index contributed by atoms with van der Waals surface area (Å²) in [5.41, 5.74) is -6.47. The zero-order valence-corrected chi connectivity index (χ0v) is 20.2. The Hall–Kier alpha value is -1.97. The molecule has 0 aromatic rings. The van der Waals surface area contributed by atoms with E-state index in [4.69, 9.17) is 18.9 Å². The molecular weight excluding hydrogens is 432 g/mol. The summed E-state index contributed by atoms with van der Waals surface area (Å²) in [5, 5.41) is 23.9. The lowest BCUT2D eigenvalue weighted by Crippen LogP contribution is -2.85. The van der Waals surface area contributed by atoms with E-state index in [2.05, 4.69) is 0 Å². The van der Waals surface area contributed by atoms with Crippen molar-refractivity contribution < 1.29 is 43.5 Å². The first kappa shape index (κ1) is 24.2. The Balaban J connectivity index is 2.05. The molecular formula is C24H34O9. The number of Topliss-reactive ketones (excluding diaryl/α,β-unsaturated/α-hetero) is 1. The Morgan fingerprint density at radius 3 is 2.36 bits per heavy atom. The third-order valence-corrected chi connectivity index (χ3v) is 9.32. The van der Waals surface area contributed by atoms with Crippen LogP contribution in [0.1, 0.15) is 47.5 Å². The van der Waals surface area contributed by atoms with Crippen molar-refractivity contribution in [2.45, 2.75) is 77.0 Å². The first-order valence-corrected chi connectivity index (χ1v) is 11.4. The van der Waals surface area contributed by atoms with E-state index in [-0.39, 0.29) is 23.4 Å². The summed E-state index contributed by atoms with van der Waals surface area (Å²) < 4.78 is 22.6. The van der Waals surface area contributed by atoms with E-state index in [1.165, 1.54) is 28.1 Å². The summed E-state index contributed by atoms with van der Waals surface area (Å²) >= 11 is 0.